The van der Waals surface area contributed by atoms with Gasteiger partial charge in [-0.25, -0.2) is 19.7 Å². The molecule has 10 nitrogen and oxygen atoms in total. The summed E-state index contributed by atoms with van der Waals surface area (Å²) in [6.45, 7) is 9.87. The second kappa shape index (κ2) is 9.96. The van der Waals surface area contributed by atoms with Gasteiger partial charge in [-0.05, 0) is 45.4 Å². The first-order chi connectivity index (χ1) is 16.3. The lowest BCUT2D eigenvalue weighted by Crippen LogP contribution is -2.28. The Hall–Kier alpha value is -3.86. The Morgan fingerprint density at radius 3 is 2.62 bits per heavy atom. The fourth-order valence-corrected chi connectivity index (χ4v) is 4.03. The number of nitrogens with one attached hydrogen (secondary N) is 2. The minimum Gasteiger partial charge on any atom is -0.475 e. The average molecular weight is 480 g/mol. The van der Waals surface area contributed by atoms with Crippen molar-refractivity contribution in [3.63, 3.8) is 0 Å². The van der Waals surface area contributed by atoms with E-state index >= 15 is 0 Å². The molecule has 2 amide bonds. The van der Waals surface area contributed by atoms with E-state index in [1.807, 2.05) is 51.3 Å². The molecule has 4 rings (SSSR count). The number of nitrogens with zero attached hydrogens (tertiary/aromatic N) is 5. The van der Waals surface area contributed by atoms with Crippen LogP contribution in [0.2, 0.25) is 0 Å². The van der Waals surface area contributed by atoms with Gasteiger partial charge in [0.15, 0.2) is 0 Å². The van der Waals surface area contributed by atoms with Gasteiger partial charge in [-0.15, -0.1) is 21.5 Å². The molecule has 4 heterocycles. The Labute approximate surface area is 200 Å². The number of rotatable bonds is 7. The normalized spacial score (nSPS) is 11.0. The fraction of sp³-hybridized carbons (Fsp3) is 0.304. The molecule has 0 fully saturated rings. The summed E-state index contributed by atoms with van der Waals surface area (Å²) in [5, 5.41) is 16.3. The number of anilines is 1. The van der Waals surface area contributed by atoms with Gasteiger partial charge in [0.2, 0.25) is 11.8 Å². The van der Waals surface area contributed by atoms with Crippen molar-refractivity contribution in [1.82, 2.24) is 30.5 Å². The number of thiazole rings is 1. The zero-order valence-electron chi connectivity index (χ0n) is 19.5. The van der Waals surface area contributed by atoms with Crippen LogP contribution in [0.3, 0.4) is 0 Å². The molecule has 4 aromatic heterocycles. The molecule has 4 aromatic rings. The lowest BCUT2D eigenvalue weighted by molar-refractivity contribution is 0.233. The molecule has 0 bridgehead atoms. The molecular formula is C23H25N7O3S. The third-order valence-electron chi connectivity index (χ3n) is 4.55. The van der Waals surface area contributed by atoms with Gasteiger partial charge in [-0.1, -0.05) is 0 Å². The first-order valence-corrected chi connectivity index (χ1v) is 11.7. The molecule has 176 valence electrons. The van der Waals surface area contributed by atoms with Crippen molar-refractivity contribution in [1.29, 1.82) is 0 Å². The van der Waals surface area contributed by atoms with Crippen molar-refractivity contribution in [3.8, 4) is 39.2 Å². The van der Waals surface area contributed by atoms with Crippen molar-refractivity contribution in [2.75, 3.05) is 11.9 Å². The highest BCUT2D eigenvalue weighted by atomic mass is 32.1. The Morgan fingerprint density at radius 1 is 1.15 bits per heavy atom. The molecule has 0 atom stereocenters. The Bertz CT molecular complexity index is 1320. The molecule has 11 heteroatoms. The van der Waals surface area contributed by atoms with Crippen LogP contribution in [-0.4, -0.2) is 43.8 Å². The zero-order chi connectivity index (χ0) is 24.2. The Kier molecular flexibility index (Phi) is 6.82. The number of aromatic nitrogens is 5. The van der Waals surface area contributed by atoms with Crippen molar-refractivity contribution in [2.45, 2.75) is 40.7 Å². The molecule has 0 saturated carbocycles. The van der Waals surface area contributed by atoms with E-state index in [2.05, 4.69) is 35.8 Å². The van der Waals surface area contributed by atoms with Gasteiger partial charge in [0.25, 0.3) is 5.89 Å². The highest BCUT2D eigenvalue weighted by Gasteiger charge is 2.18. The SMILES string of the molecule is CCNC(=O)Nc1cc(-c2nc(C)cs2)c(-c2cc(OC(C)C)nc(-c3nnc(C)o3)c2)cn1. The molecule has 0 aromatic carbocycles. The van der Waals surface area contributed by atoms with Crippen LogP contribution in [0.1, 0.15) is 32.4 Å². The first kappa shape index (κ1) is 23.3. The molecule has 0 aliphatic heterocycles. The maximum Gasteiger partial charge on any atom is 0.320 e. The molecule has 0 saturated heterocycles. The van der Waals surface area contributed by atoms with E-state index in [0.29, 0.717) is 35.7 Å². The fourth-order valence-electron chi connectivity index (χ4n) is 3.20. The quantitative estimate of drug-likeness (QED) is 0.384. The monoisotopic (exact) mass is 479 g/mol. The van der Waals surface area contributed by atoms with Crippen LogP contribution < -0.4 is 15.4 Å². The summed E-state index contributed by atoms with van der Waals surface area (Å²) in [5.74, 6) is 1.57. The second-order valence-electron chi connectivity index (χ2n) is 7.77. The molecule has 0 radical (unpaired) electrons. The molecule has 2 N–H and O–H groups in total. The molecular weight excluding hydrogens is 454 g/mol. The Balaban J connectivity index is 1.85. The van der Waals surface area contributed by atoms with Crippen molar-refractivity contribution < 1.29 is 13.9 Å². The van der Waals surface area contributed by atoms with Crippen LogP contribution in [0.25, 0.3) is 33.3 Å². The molecule has 0 spiro atoms. The summed E-state index contributed by atoms with van der Waals surface area (Å²) in [4.78, 5) is 25.7. The molecule has 34 heavy (non-hydrogen) atoms. The number of aryl methyl sites for hydroxylation is 2. The topological polar surface area (TPSA) is 128 Å². The van der Waals surface area contributed by atoms with Crippen molar-refractivity contribution in [3.05, 3.63) is 41.4 Å². The number of urea groups is 1. The zero-order valence-corrected chi connectivity index (χ0v) is 20.4. The van der Waals surface area contributed by atoms with Crippen molar-refractivity contribution in [2.24, 2.45) is 0 Å². The van der Waals surface area contributed by atoms with Gasteiger partial charge in [0, 0.05) is 47.9 Å². The minimum absolute atomic E-state index is 0.0807. The van der Waals surface area contributed by atoms with Crippen LogP contribution in [0, 0.1) is 13.8 Å². The van der Waals surface area contributed by atoms with Gasteiger partial charge in [0.05, 0.1) is 6.10 Å². The third-order valence-corrected chi connectivity index (χ3v) is 5.54. The van der Waals surface area contributed by atoms with Crippen LogP contribution >= 0.6 is 11.3 Å². The summed E-state index contributed by atoms with van der Waals surface area (Å²) in [6, 6.07) is 5.17. The number of hydrogen-bond donors (Lipinski definition) is 2. The number of pyridine rings is 2. The molecule has 0 unspecified atom stereocenters. The van der Waals surface area contributed by atoms with E-state index < -0.39 is 0 Å². The highest BCUT2D eigenvalue weighted by Crippen LogP contribution is 2.37. The van der Waals surface area contributed by atoms with E-state index in [-0.39, 0.29) is 12.1 Å². The summed E-state index contributed by atoms with van der Waals surface area (Å²) in [7, 11) is 0. The summed E-state index contributed by atoms with van der Waals surface area (Å²) in [5.41, 5.74) is 3.79. The standard InChI is InChI=1S/C23H25N7O3S/c1-6-24-23(31)28-19-9-16(22-26-13(4)11-34-22)17(10-25-19)15-7-18(21-30-29-14(5)33-21)27-20(8-15)32-12(2)3/h7-12H,6H2,1-5H3,(H2,24,25,28,31). The van der Waals surface area contributed by atoms with Gasteiger partial charge >= 0.3 is 6.03 Å². The van der Waals surface area contributed by atoms with Crippen LogP contribution in [0.4, 0.5) is 10.6 Å². The number of ether oxygens (including phenoxy) is 1. The second-order valence-corrected chi connectivity index (χ2v) is 8.62. The lowest BCUT2D eigenvalue weighted by Gasteiger charge is -2.14. The number of carbonyl (C=O) groups excluding carboxylic acids is 1. The van der Waals surface area contributed by atoms with Crippen LogP contribution in [-0.2, 0) is 0 Å². The van der Waals surface area contributed by atoms with Gasteiger partial charge < -0.3 is 14.5 Å². The third kappa shape index (κ3) is 5.37. The molecule has 0 aliphatic carbocycles. The number of carbonyl (C=O) groups is 1. The highest BCUT2D eigenvalue weighted by molar-refractivity contribution is 7.13. The smallest absolute Gasteiger partial charge is 0.320 e. The van der Waals surface area contributed by atoms with Crippen LogP contribution in [0.15, 0.2) is 34.2 Å². The number of hydrogen-bond acceptors (Lipinski definition) is 9. The van der Waals surface area contributed by atoms with Crippen molar-refractivity contribution >= 4 is 23.2 Å². The minimum atomic E-state index is -0.324. The Morgan fingerprint density at radius 2 is 1.97 bits per heavy atom. The number of amides is 2. The average Bonchev–Trinajstić information content (AvgIpc) is 3.41. The van der Waals surface area contributed by atoms with Gasteiger partial charge in [-0.3, -0.25) is 5.32 Å². The summed E-state index contributed by atoms with van der Waals surface area (Å²) < 4.78 is 11.5. The van der Waals surface area contributed by atoms with E-state index in [1.54, 1.807) is 13.1 Å². The first-order valence-electron chi connectivity index (χ1n) is 10.8. The van der Waals surface area contributed by atoms with E-state index in [4.69, 9.17) is 9.15 Å². The lowest BCUT2D eigenvalue weighted by atomic mass is 10.0. The van der Waals surface area contributed by atoms with E-state index in [1.165, 1.54) is 11.3 Å². The maximum absolute atomic E-state index is 12.0. The predicted molar refractivity (Wildman–Crippen MR) is 130 cm³/mol. The maximum atomic E-state index is 12.0. The van der Waals surface area contributed by atoms with E-state index in [9.17, 15) is 4.79 Å². The summed E-state index contributed by atoms with van der Waals surface area (Å²) in [6.07, 6.45) is 1.62. The predicted octanol–water partition coefficient (Wildman–Crippen LogP) is 4.86. The van der Waals surface area contributed by atoms with Gasteiger partial charge in [-0.2, -0.15) is 0 Å². The van der Waals surface area contributed by atoms with Gasteiger partial charge in [0.1, 0.15) is 16.5 Å². The largest absolute Gasteiger partial charge is 0.475 e. The van der Waals surface area contributed by atoms with E-state index in [0.717, 1.165) is 27.4 Å². The molecule has 0 aliphatic rings. The van der Waals surface area contributed by atoms with Crippen LogP contribution in [0.5, 0.6) is 5.88 Å². The summed E-state index contributed by atoms with van der Waals surface area (Å²) >= 11 is 1.51.